The van der Waals surface area contributed by atoms with Crippen LogP contribution in [0.25, 0.3) is 76.5 Å². The van der Waals surface area contributed by atoms with E-state index in [4.69, 9.17) is 9.47 Å². The van der Waals surface area contributed by atoms with Gasteiger partial charge in [0.15, 0.2) is 23.0 Å². The van der Waals surface area contributed by atoms with Crippen molar-refractivity contribution in [2.75, 3.05) is 29.4 Å². The molecule has 678 valence electrons. The lowest BCUT2D eigenvalue weighted by atomic mass is 9.76. The number of ether oxygens (including phenoxy) is 2. The number of hydrogen-bond acceptors (Lipinski definition) is 8. The van der Waals surface area contributed by atoms with Gasteiger partial charge in [0.05, 0.1) is 22.7 Å². The van der Waals surface area contributed by atoms with Crippen LogP contribution in [0.4, 0.5) is 102 Å². The Labute approximate surface area is 829 Å². The second-order valence-electron chi connectivity index (χ2n) is 38.1. The third-order valence-electron chi connectivity index (χ3n) is 30.1. The number of fused-ring (bicyclic) bond motifs is 18. The van der Waals surface area contributed by atoms with Gasteiger partial charge >= 0.3 is 0 Å². The van der Waals surface area contributed by atoms with E-state index in [1.54, 1.807) is 0 Å². The zero-order chi connectivity index (χ0) is 94.0. The van der Waals surface area contributed by atoms with E-state index in [0.717, 1.165) is 91.0 Å². The summed E-state index contributed by atoms with van der Waals surface area (Å²) in [6.07, 6.45) is 9.76. The van der Waals surface area contributed by atoms with E-state index in [0.29, 0.717) is 23.0 Å². The molecule has 1 heterocycles. The molecule has 2 spiro atoms. The molecule has 142 heavy (non-hydrogen) atoms. The number of rotatable bonds is 19. The van der Waals surface area contributed by atoms with Crippen molar-refractivity contribution in [1.29, 1.82) is 0 Å². The van der Waals surface area contributed by atoms with Crippen molar-refractivity contribution in [2.24, 2.45) is 0 Å². The summed E-state index contributed by atoms with van der Waals surface area (Å²) >= 11 is 0. The van der Waals surface area contributed by atoms with Crippen LogP contribution in [-0.4, -0.2) is 0 Å². The molecule has 1 aliphatic heterocycles. The number of para-hydroxylation sites is 6. The fraction of sp³-hybridized carbons (Fsp3) is 0.0746. The first-order valence-corrected chi connectivity index (χ1v) is 49.8. The Kier molecular flexibility index (Phi) is 21.5. The lowest BCUT2D eigenvalue weighted by Crippen LogP contribution is -2.21. The van der Waals surface area contributed by atoms with Crippen LogP contribution in [0.1, 0.15) is 73.6 Å². The summed E-state index contributed by atoms with van der Waals surface area (Å²) in [5, 5.41) is 9.61. The van der Waals surface area contributed by atoms with E-state index in [-0.39, 0.29) is 10.8 Å². The van der Waals surface area contributed by atoms with Crippen molar-refractivity contribution in [2.45, 2.75) is 62.2 Å². The molecule has 0 saturated heterocycles. The smallest absolute Gasteiger partial charge is 0.172 e. The minimum atomic E-state index is 0.0504. The summed E-state index contributed by atoms with van der Waals surface area (Å²) < 4.78 is 13.4. The summed E-state index contributed by atoms with van der Waals surface area (Å²) in [4.78, 5) is 14.2. The molecule has 0 amide bonds. The van der Waals surface area contributed by atoms with Gasteiger partial charge in [-0.3, -0.25) is 0 Å². The molecule has 22 aromatic carbocycles. The molecule has 0 aromatic heterocycles. The Morgan fingerprint density at radius 1 is 0.155 bits per heavy atom. The Morgan fingerprint density at radius 2 is 0.387 bits per heavy atom. The van der Waals surface area contributed by atoms with E-state index in [2.05, 4.69) is 527 Å². The van der Waals surface area contributed by atoms with Gasteiger partial charge in [-0.2, -0.15) is 0 Å². The fourth-order valence-electron chi connectivity index (χ4n) is 23.7. The lowest BCUT2D eigenvalue weighted by molar-refractivity contribution is 0.360. The maximum absolute atomic E-state index is 6.70. The quantitative estimate of drug-likeness (QED) is 0.0742. The second kappa shape index (κ2) is 36.0. The Bertz CT molecular complexity index is 7890. The summed E-state index contributed by atoms with van der Waals surface area (Å²) in [7, 11) is 0. The highest BCUT2D eigenvalue weighted by Gasteiger charge is 2.47. The minimum absolute atomic E-state index is 0.0504. The number of nitrogens with zero attached hydrogens (tertiary/aromatic N) is 6. The maximum Gasteiger partial charge on any atom is 0.172 e. The van der Waals surface area contributed by atoms with Crippen molar-refractivity contribution < 1.29 is 9.47 Å². The van der Waals surface area contributed by atoms with Gasteiger partial charge in [-0.15, -0.1) is 0 Å². The molecule has 0 bridgehead atoms. The van der Waals surface area contributed by atoms with Crippen molar-refractivity contribution in [3.8, 4) is 56.4 Å². The molecular weight excluding hydrogens is 1730 g/mol. The average molecular weight is 1830 g/mol. The predicted octanol–water partition coefficient (Wildman–Crippen LogP) is 38.1. The van der Waals surface area contributed by atoms with Gasteiger partial charge in [0.1, 0.15) is 0 Å². The highest BCUT2D eigenvalue weighted by atomic mass is 16.6. The molecule has 22 aromatic rings. The van der Waals surface area contributed by atoms with Crippen LogP contribution in [0.15, 0.2) is 510 Å². The summed E-state index contributed by atoms with van der Waals surface area (Å²) in [5.74, 6) is 2.65. The highest BCUT2D eigenvalue weighted by molar-refractivity contribution is 6.16. The van der Waals surface area contributed by atoms with Crippen LogP contribution >= 0.6 is 0 Å². The van der Waals surface area contributed by atoms with E-state index < -0.39 is 0 Å². The molecule has 8 nitrogen and oxygen atoms in total. The maximum atomic E-state index is 6.70. The summed E-state index contributed by atoms with van der Waals surface area (Å²) in [5.41, 5.74) is 33.7. The Balaban J connectivity index is 0.000000159. The van der Waals surface area contributed by atoms with Crippen molar-refractivity contribution in [3.63, 3.8) is 0 Å². The molecule has 27 rings (SSSR count). The van der Waals surface area contributed by atoms with Crippen molar-refractivity contribution in [3.05, 3.63) is 532 Å². The van der Waals surface area contributed by atoms with E-state index in [9.17, 15) is 0 Å². The SMILES string of the molecule is c1ccc(N(c2ccc3c(c2)Oc2ccc(N(c4ccccc4)c4cc5ccccc5c5ccccc45)cc2O3)c2cc3ccccc3c3ccccc23)cc1.c1ccc(N(c2ccccc2)c2ccc(N(c3ccc(-c4ccc(N(c5ccc(N(c6ccccc6)c6ccccc6)cc5)c5ccc6c(c5)C5(CCCC5)c5ccccc5-6)cc4)cc3)c3ccc4c(c3)C3(CCCC3)c3ccccc3-4)cc2)cc1. The molecule has 2 fully saturated rings. The third-order valence-corrected chi connectivity index (χ3v) is 30.1. The van der Waals surface area contributed by atoms with Crippen molar-refractivity contribution in [1.82, 2.24) is 0 Å². The van der Waals surface area contributed by atoms with Crippen LogP contribution in [0.2, 0.25) is 0 Å². The van der Waals surface area contributed by atoms with Gasteiger partial charge in [-0.1, -0.05) is 317 Å². The van der Waals surface area contributed by atoms with Gasteiger partial charge < -0.3 is 38.9 Å². The molecule has 4 aliphatic carbocycles. The summed E-state index contributed by atoms with van der Waals surface area (Å²) in [6, 6.07) is 185. The number of benzene rings is 22. The predicted molar refractivity (Wildman–Crippen MR) is 592 cm³/mol. The zero-order valence-corrected chi connectivity index (χ0v) is 78.7. The number of anilines is 18. The molecule has 5 aliphatic rings. The van der Waals surface area contributed by atoms with E-state index >= 15 is 0 Å². The van der Waals surface area contributed by atoms with Crippen molar-refractivity contribution >= 4 is 145 Å². The van der Waals surface area contributed by atoms with Crippen LogP contribution in [-0.2, 0) is 10.8 Å². The van der Waals surface area contributed by atoms with Gasteiger partial charge in [-0.25, -0.2) is 0 Å². The lowest BCUT2D eigenvalue weighted by Gasteiger charge is -2.31. The fourth-order valence-corrected chi connectivity index (χ4v) is 23.7. The van der Waals surface area contributed by atoms with Crippen LogP contribution in [0, 0.1) is 0 Å². The van der Waals surface area contributed by atoms with Crippen LogP contribution < -0.4 is 38.9 Å². The summed E-state index contributed by atoms with van der Waals surface area (Å²) in [6.45, 7) is 0. The molecule has 8 heteroatoms. The third kappa shape index (κ3) is 15.0. The van der Waals surface area contributed by atoms with Crippen LogP contribution in [0.5, 0.6) is 23.0 Å². The Hall–Kier alpha value is -17.7. The van der Waals surface area contributed by atoms with Gasteiger partial charge in [-0.05, 0) is 320 Å². The highest BCUT2D eigenvalue weighted by Crippen LogP contribution is 2.62. The standard InChI is InChI=1S/C82H66N4.C52H34N2O2/c1-5-21-61(22-6-1)83(62-23-7-2-8-24-62)67-41-45-69(46-42-67)85(71-49-51-75-73-29-13-15-31-77(73)81(79(75)57-71)53-17-18-54-81)65-37-33-59(34-38-65)60-35-39-66(40-36-60)86(72-50-52-76-74-30-14-16-32-78(74)82(80(76)58-72)55-19-20-56-82)70-47-43-68(44-48-70)84(63-25-9-3-10-26-63)64-27-11-4-12-28-64;1-3-17-37(18-4-1)53(47-31-35-15-7-9-21-41(35)43-23-11-13-25-45(43)47)39-27-29-49-51(33-39)55-50-30-28-40(34-52(50)56-49)54(38-19-5-2-6-20-38)48-32-36-16-8-10-22-42(36)44-24-12-14-26-46(44)48/h1-16,21-52,57-58H,17-20,53-56H2;1-34H. The zero-order valence-electron chi connectivity index (χ0n) is 78.7. The van der Waals surface area contributed by atoms with E-state index in [1.807, 2.05) is 12.1 Å². The van der Waals surface area contributed by atoms with Gasteiger partial charge in [0.2, 0.25) is 0 Å². The van der Waals surface area contributed by atoms with Crippen LogP contribution in [0.3, 0.4) is 0 Å². The van der Waals surface area contributed by atoms with E-state index in [1.165, 1.54) is 161 Å². The minimum Gasteiger partial charge on any atom is -0.449 e. The molecule has 0 radical (unpaired) electrons. The topological polar surface area (TPSA) is 37.9 Å². The normalized spacial score (nSPS) is 13.5. The first-order valence-electron chi connectivity index (χ1n) is 49.8. The Morgan fingerprint density at radius 3 is 0.718 bits per heavy atom. The van der Waals surface area contributed by atoms with Gasteiger partial charge in [0.25, 0.3) is 0 Å². The first-order chi connectivity index (χ1) is 70.4. The monoisotopic (exact) mass is 1820 g/mol. The molecular formula is C134H100N6O2. The number of hydrogen-bond donors (Lipinski definition) is 0. The molecule has 0 atom stereocenters. The molecule has 2 saturated carbocycles. The first kappa shape index (κ1) is 84.8. The van der Waals surface area contributed by atoms with Gasteiger partial charge in [0, 0.05) is 113 Å². The average Bonchev–Trinajstić information content (AvgIpc) is 1.55. The molecule has 0 unspecified atom stereocenters. The second-order valence-corrected chi connectivity index (χ2v) is 38.1. The molecule has 0 N–H and O–H groups in total. The largest absolute Gasteiger partial charge is 0.449 e.